The molecule has 0 bridgehead atoms. The summed E-state index contributed by atoms with van der Waals surface area (Å²) >= 11 is 0. The number of carbonyl (C=O) groups excluding carboxylic acids is 2. The normalized spacial score (nSPS) is 14.5. The van der Waals surface area contributed by atoms with Crippen molar-refractivity contribution >= 4 is 11.8 Å². The van der Waals surface area contributed by atoms with Crippen molar-refractivity contribution in [3.8, 4) is 0 Å². The molecule has 0 aromatic carbocycles. The molecule has 0 saturated heterocycles. The maximum atomic E-state index is 11.3. The summed E-state index contributed by atoms with van der Waals surface area (Å²) < 4.78 is 0. The van der Waals surface area contributed by atoms with Crippen molar-refractivity contribution in [1.82, 2.24) is 10.6 Å². The van der Waals surface area contributed by atoms with Gasteiger partial charge in [0.25, 0.3) is 0 Å². The van der Waals surface area contributed by atoms with Gasteiger partial charge in [-0.2, -0.15) is 0 Å². The molecule has 2 unspecified atom stereocenters. The molecule has 0 heterocycles. The molecule has 2 amide bonds. The van der Waals surface area contributed by atoms with Crippen LogP contribution in [0.5, 0.6) is 0 Å². The topological polar surface area (TPSA) is 58.2 Å². The number of nitrogens with one attached hydrogen (secondary N) is 2. The molecule has 2 atom stereocenters. The zero-order valence-corrected chi connectivity index (χ0v) is 8.68. The minimum Gasteiger partial charge on any atom is -0.359 e. The molecule has 76 valence electrons. The average Bonchev–Trinajstić information content (AvgIpc) is 2.14. The largest absolute Gasteiger partial charge is 0.359 e. The van der Waals surface area contributed by atoms with Gasteiger partial charge in [0.05, 0.1) is 0 Å². The van der Waals surface area contributed by atoms with Gasteiger partial charge in [-0.3, -0.25) is 9.59 Å². The number of carbonyl (C=O) groups is 2. The fourth-order valence-electron chi connectivity index (χ4n) is 1.02. The van der Waals surface area contributed by atoms with Gasteiger partial charge >= 0.3 is 0 Å². The van der Waals surface area contributed by atoms with Crippen molar-refractivity contribution in [2.24, 2.45) is 11.8 Å². The summed E-state index contributed by atoms with van der Waals surface area (Å²) in [7, 11) is 1.57. The van der Waals surface area contributed by atoms with Crippen LogP contribution in [0, 0.1) is 11.8 Å². The van der Waals surface area contributed by atoms with Crippen molar-refractivity contribution in [3.05, 3.63) is 0 Å². The van der Waals surface area contributed by atoms with E-state index in [4.69, 9.17) is 0 Å². The molecular weight excluding hydrogens is 168 g/mol. The maximum Gasteiger partial charge on any atom is 0.223 e. The van der Waals surface area contributed by atoms with Gasteiger partial charge in [0.15, 0.2) is 0 Å². The first kappa shape index (κ1) is 11.9. The Labute approximate surface area is 79.1 Å². The molecule has 4 nitrogen and oxygen atoms in total. The van der Waals surface area contributed by atoms with Gasteiger partial charge < -0.3 is 10.6 Å². The summed E-state index contributed by atoms with van der Waals surface area (Å²) in [5.41, 5.74) is 0. The Balaban J connectivity index is 4.16. The first-order valence-electron chi connectivity index (χ1n) is 4.53. The highest BCUT2D eigenvalue weighted by molar-refractivity contribution is 5.86. The Kier molecular flexibility index (Phi) is 5.11. The predicted octanol–water partition coefficient (Wildman–Crippen LogP) is 0.141. The second-order valence-electron chi connectivity index (χ2n) is 3.09. The summed E-state index contributed by atoms with van der Waals surface area (Å²) in [4.78, 5) is 22.5. The van der Waals surface area contributed by atoms with Crippen LogP contribution in [0.25, 0.3) is 0 Å². The van der Waals surface area contributed by atoms with Crippen LogP contribution in [0.3, 0.4) is 0 Å². The van der Waals surface area contributed by atoms with Gasteiger partial charge in [-0.1, -0.05) is 13.8 Å². The van der Waals surface area contributed by atoms with Crippen molar-refractivity contribution in [2.45, 2.75) is 20.8 Å². The van der Waals surface area contributed by atoms with Crippen LogP contribution in [0.15, 0.2) is 0 Å². The van der Waals surface area contributed by atoms with Gasteiger partial charge in [0.2, 0.25) is 11.8 Å². The first-order chi connectivity index (χ1) is 6.04. The van der Waals surface area contributed by atoms with Crippen LogP contribution in [-0.4, -0.2) is 25.4 Å². The Morgan fingerprint density at radius 3 is 2.00 bits per heavy atom. The van der Waals surface area contributed by atoms with Crippen LogP contribution < -0.4 is 10.6 Å². The summed E-state index contributed by atoms with van der Waals surface area (Å²) in [5, 5.41) is 5.21. The van der Waals surface area contributed by atoms with Crippen LogP contribution in [0.1, 0.15) is 20.8 Å². The Morgan fingerprint density at radius 1 is 1.15 bits per heavy atom. The Bertz CT molecular complexity index is 192. The molecule has 4 heteroatoms. The molecular formula is C9H18N2O2. The summed E-state index contributed by atoms with van der Waals surface area (Å²) in [6.45, 7) is 5.96. The fourth-order valence-corrected chi connectivity index (χ4v) is 1.02. The number of hydrogen-bond donors (Lipinski definition) is 2. The van der Waals surface area contributed by atoms with E-state index in [0.29, 0.717) is 6.54 Å². The third-order valence-electron chi connectivity index (χ3n) is 2.17. The molecule has 0 aliphatic carbocycles. The lowest BCUT2D eigenvalue weighted by Crippen LogP contribution is -2.38. The second-order valence-corrected chi connectivity index (χ2v) is 3.09. The minimum absolute atomic E-state index is 0.0707. The number of rotatable bonds is 4. The van der Waals surface area contributed by atoms with Crippen LogP contribution in [-0.2, 0) is 9.59 Å². The van der Waals surface area contributed by atoms with E-state index in [1.165, 1.54) is 0 Å². The quantitative estimate of drug-likeness (QED) is 0.656. The van der Waals surface area contributed by atoms with E-state index in [9.17, 15) is 9.59 Å². The number of amides is 2. The Morgan fingerprint density at radius 2 is 1.62 bits per heavy atom. The minimum atomic E-state index is -0.281. The SMILES string of the molecule is CCNC(=O)C(C)C(C)C(=O)NC. The molecule has 0 radical (unpaired) electrons. The third-order valence-corrected chi connectivity index (χ3v) is 2.17. The molecule has 0 rings (SSSR count). The van der Waals surface area contributed by atoms with Gasteiger partial charge in [0.1, 0.15) is 0 Å². The molecule has 0 aliphatic rings. The predicted molar refractivity (Wildman–Crippen MR) is 51.1 cm³/mol. The highest BCUT2D eigenvalue weighted by Crippen LogP contribution is 2.10. The zero-order valence-electron chi connectivity index (χ0n) is 8.68. The molecule has 0 aromatic rings. The van der Waals surface area contributed by atoms with E-state index in [2.05, 4.69) is 10.6 Å². The van der Waals surface area contributed by atoms with E-state index >= 15 is 0 Å². The summed E-state index contributed by atoms with van der Waals surface area (Å²) in [6.07, 6.45) is 0. The Hall–Kier alpha value is -1.06. The van der Waals surface area contributed by atoms with E-state index in [-0.39, 0.29) is 23.7 Å². The highest BCUT2D eigenvalue weighted by Gasteiger charge is 2.24. The van der Waals surface area contributed by atoms with E-state index in [1.807, 2.05) is 6.92 Å². The lowest BCUT2D eigenvalue weighted by molar-refractivity contribution is -0.133. The molecule has 0 aromatic heterocycles. The molecule has 0 spiro atoms. The van der Waals surface area contributed by atoms with E-state index in [0.717, 1.165) is 0 Å². The maximum absolute atomic E-state index is 11.3. The molecule has 13 heavy (non-hydrogen) atoms. The smallest absolute Gasteiger partial charge is 0.223 e. The molecule has 0 saturated carbocycles. The van der Waals surface area contributed by atoms with Gasteiger partial charge in [-0.05, 0) is 6.92 Å². The fraction of sp³-hybridized carbons (Fsp3) is 0.778. The molecule has 0 fully saturated rings. The average molecular weight is 186 g/mol. The van der Waals surface area contributed by atoms with Gasteiger partial charge in [0, 0.05) is 25.4 Å². The lowest BCUT2D eigenvalue weighted by atomic mass is 9.94. The van der Waals surface area contributed by atoms with Crippen LogP contribution in [0.2, 0.25) is 0 Å². The lowest BCUT2D eigenvalue weighted by Gasteiger charge is -2.17. The monoisotopic (exact) mass is 186 g/mol. The second kappa shape index (κ2) is 5.56. The van der Waals surface area contributed by atoms with Crippen molar-refractivity contribution < 1.29 is 9.59 Å². The van der Waals surface area contributed by atoms with E-state index in [1.54, 1.807) is 20.9 Å². The standard InChI is InChI=1S/C9H18N2O2/c1-5-11-9(13)7(3)6(2)8(12)10-4/h6-7H,5H2,1-4H3,(H,10,12)(H,11,13). The van der Waals surface area contributed by atoms with Gasteiger partial charge in [-0.15, -0.1) is 0 Å². The van der Waals surface area contributed by atoms with Crippen LogP contribution >= 0.6 is 0 Å². The third kappa shape index (κ3) is 3.44. The van der Waals surface area contributed by atoms with E-state index < -0.39 is 0 Å². The zero-order chi connectivity index (χ0) is 10.4. The van der Waals surface area contributed by atoms with Crippen molar-refractivity contribution in [2.75, 3.05) is 13.6 Å². The van der Waals surface area contributed by atoms with Gasteiger partial charge in [-0.25, -0.2) is 0 Å². The summed E-state index contributed by atoms with van der Waals surface area (Å²) in [6, 6.07) is 0. The van der Waals surface area contributed by atoms with Crippen molar-refractivity contribution in [3.63, 3.8) is 0 Å². The summed E-state index contributed by atoms with van der Waals surface area (Å²) in [5.74, 6) is -0.728. The van der Waals surface area contributed by atoms with Crippen LogP contribution in [0.4, 0.5) is 0 Å². The van der Waals surface area contributed by atoms with Crippen molar-refractivity contribution in [1.29, 1.82) is 0 Å². The first-order valence-corrected chi connectivity index (χ1v) is 4.53. The molecule has 2 N–H and O–H groups in total. The number of hydrogen-bond acceptors (Lipinski definition) is 2. The molecule has 0 aliphatic heterocycles. The highest BCUT2D eigenvalue weighted by atomic mass is 16.2.